The third-order valence-corrected chi connectivity index (χ3v) is 13.3. The zero-order valence-electron chi connectivity index (χ0n) is 40.5. The van der Waals surface area contributed by atoms with Crippen LogP contribution >= 0.6 is 0 Å². The van der Waals surface area contributed by atoms with Crippen molar-refractivity contribution in [3.8, 4) is 11.3 Å². The van der Waals surface area contributed by atoms with Gasteiger partial charge in [-0.15, -0.1) is 0 Å². The maximum atomic E-state index is 14.7. The summed E-state index contributed by atoms with van der Waals surface area (Å²) >= 11 is 0. The van der Waals surface area contributed by atoms with E-state index in [9.17, 15) is 24.0 Å². The van der Waals surface area contributed by atoms with E-state index in [1.54, 1.807) is 31.5 Å². The molecular formula is C50H69N9O7. The lowest BCUT2D eigenvalue weighted by Crippen LogP contribution is -2.62. The number of aliphatic imine (C=N–C) groups is 1. The highest BCUT2D eigenvalue weighted by Gasteiger charge is 2.40. The second-order valence-electron chi connectivity index (χ2n) is 18.8. The van der Waals surface area contributed by atoms with Crippen LogP contribution in [0.3, 0.4) is 0 Å². The quantitative estimate of drug-likeness (QED) is 0.107. The van der Waals surface area contributed by atoms with Crippen LogP contribution in [0.2, 0.25) is 0 Å². The number of nitrogens with one attached hydrogen (secondary N) is 2. The summed E-state index contributed by atoms with van der Waals surface area (Å²) < 4.78 is 16.2. The molecule has 2 N–H and O–H groups in total. The van der Waals surface area contributed by atoms with Crippen LogP contribution in [0.15, 0.2) is 60.4 Å². The molecule has 2 fully saturated rings. The number of hydrogen-bond donors (Lipinski definition) is 2. The van der Waals surface area contributed by atoms with Gasteiger partial charge >= 0.3 is 5.97 Å². The predicted molar refractivity (Wildman–Crippen MR) is 256 cm³/mol. The molecule has 4 amide bonds. The van der Waals surface area contributed by atoms with Gasteiger partial charge in [0.25, 0.3) is 5.91 Å². The van der Waals surface area contributed by atoms with Crippen molar-refractivity contribution in [1.29, 1.82) is 0 Å². The number of likely N-dealkylation sites (N-methyl/N-ethyl adjacent to an activating group) is 1. The zero-order valence-corrected chi connectivity index (χ0v) is 40.5. The number of aromatic nitrogens is 3. The molecule has 66 heavy (non-hydrogen) atoms. The molecule has 2 saturated heterocycles. The number of fused-ring (bicyclic) bond motifs is 6. The van der Waals surface area contributed by atoms with Crippen LogP contribution in [0.5, 0.6) is 0 Å². The number of likely N-dealkylation sites (tertiary alicyclic amines) is 1. The maximum Gasteiger partial charge on any atom is 0.324 e. The lowest BCUT2D eigenvalue weighted by atomic mass is 9.84. The Bertz CT molecular complexity index is 2430. The molecule has 3 aliphatic rings. The summed E-state index contributed by atoms with van der Waals surface area (Å²) in [7, 11) is 5.15. The number of allylic oxidation sites excluding steroid dienone is 2. The van der Waals surface area contributed by atoms with Crippen LogP contribution in [0.25, 0.3) is 27.7 Å². The Morgan fingerprint density at radius 2 is 1.88 bits per heavy atom. The van der Waals surface area contributed by atoms with Gasteiger partial charge in [-0.05, 0) is 76.1 Å². The van der Waals surface area contributed by atoms with Gasteiger partial charge in [0.2, 0.25) is 17.7 Å². The van der Waals surface area contributed by atoms with E-state index in [2.05, 4.69) is 67.4 Å². The number of ether oxygens (including phenoxy) is 2. The number of amides is 4. The van der Waals surface area contributed by atoms with Crippen molar-refractivity contribution in [2.75, 3.05) is 40.4 Å². The highest BCUT2D eigenvalue weighted by molar-refractivity contribution is 5.96. The van der Waals surface area contributed by atoms with E-state index in [0.717, 1.165) is 44.7 Å². The van der Waals surface area contributed by atoms with E-state index >= 15 is 0 Å². The Morgan fingerprint density at radius 3 is 2.53 bits per heavy atom. The third-order valence-electron chi connectivity index (χ3n) is 13.3. The van der Waals surface area contributed by atoms with Crippen molar-refractivity contribution < 1.29 is 33.4 Å². The second-order valence-corrected chi connectivity index (χ2v) is 18.8. The minimum atomic E-state index is -1.13. The average molecular weight is 908 g/mol. The molecule has 1 aromatic carbocycles. The van der Waals surface area contributed by atoms with Crippen molar-refractivity contribution in [1.82, 2.24) is 39.7 Å². The predicted octanol–water partition coefficient (Wildman–Crippen LogP) is 5.25. The van der Waals surface area contributed by atoms with Gasteiger partial charge in [-0.3, -0.25) is 34.0 Å². The van der Waals surface area contributed by atoms with Gasteiger partial charge in [-0.2, -0.15) is 0 Å². The summed E-state index contributed by atoms with van der Waals surface area (Å²) in [5.74, 6) is -2.19. The molecule has 0 unspecified atom stereocenters. The van der Waals surface area contributed by atoms with Crippen LogP contribution in [0.1, 0.15) is 84.8 Å². The highest BCUT2D eigenvalue weighted by Crippen LogP contribution is 2.40. The fourth-order valence-electron chi connectivity index (χ4n) is 9.75. The monoisotopic (exact) mass is 908 g/mol. The third kappa shape index (κ3) is 10.1. The highest BCUT2D eigenvalue weighted by atomic mass is 16.5. The Morgan fingerprint density at radius 1 is 1.14 bits per heavy atom. The van der Waals surface area contributed by atoms with Crippen molar-refractivity contribution >= 4 is 52.3 Å². The molecule has 5 heterocycles. The number of nitrogens with zero attached hydrogens (tertiary/aromatic N) is 7. The average Bonchev–Trinajstić information content (AvgIpc) is 4.02. The molecule has 2 aromatic heterocycles. The molecule has 0 radical (unpaired) electrons. The molecule has 6 rings (SSSR count). The SMILES string of the molecule is C=CC(=O)N1CC[C@H](C(=O)N(C)[C@H](C(=O)N[C@H]2Cc3ncc(n3C)-c3ccc4c(c3)c(c(/C(C=C)=C(/N=CC)[C@H](C)OC)n4CC)CC(C)(C)COC(=O)[C@@H]3CCCN(N3)C2=O)C(C)C)C1. The number of cyclic esters (lactones) is 1. The standard InChI is InChI=1S/C50H69N9O7/c1-13-34(43(51-15-3)31(7)65-12)45-36-26-50(8,9)29-66-49(64)37-18-17-22-59(54-37)48(63)38(25-41-52-27-40(55(41)10)32-19-20-39(35(36)24-32)58(45)16-4)53-46(61)44(30(5)6)56(11)47(62)33-21-23-57(28-33)42(60)14-2/h13-15,19-20,24,27,30-31,33,37-38,44,54H,1-2,16-18,21-23,25-26,28-29H2,3-12H3,(H,53,61)/b43-34+,51-15?/t31-,33-,37-,38-,44-/m0/s1. The molecule has 0 aliphatic carbocycles. The molecule has 16 heteroatoms. The Balaban J connectivity index is 1.45. The number of esters is 1. The van der Waals surface area contributed by atoms with Crippen LogP contribution in [0.4, 0.5) is 0 Å². The minimum absolute atomic E-state index is 0.0159. The summed E-state index contributed by atoms with van der Waals surface area (Å²) in [5.41, 5.74) is 8.90. The fraction of sp³-hybridized carbons (Fsp3) is 0.540. The molecule has 5 atom stereocenters. The Kier molecular flexibility index (Phi) is 15.6. The molecule has 6 bridgehead atoms. The summed E-state index contributed by atoms with van der Waals surface area (Å²) in [4.78, 5) is 82.0. The van der Waals surface area contributed by atoms with E-state index in [0.29, 0.717) is 51.1 Å². The fourth-order valence-corrected chi connectivity index (χ4v) is 9.75. The molecule has 0 spiro atoms. The van der Waals surface area contributed by atoms with Crippen LogP contribution in [0, 0.1) is 17.3 Å². The number of aryl methyl sites for hydroxylation is 1. The largest absolute Gasteiger partial charge is 0.464 e. The van der Waals surface area contributed by atoms with E-state index in [4.69, 9.17) is 19.5 Å². The van der Waals surface area contributed by atoms with Crippen molar-refractivity contribution in [3.05, 3.63) is 72.5 Å². The Labute approximate surface area is 389 Å². The molecule has 16 nitrogen and oxygen atoms in total. The Hall–Kier alpha value is -5.87. The van der Waals surface area contributed by atoms with Crippen LogP contribution in [-0.2, 0) is 59.9 Å². The zero-order chi connectivity index (χ0) is 48.2. The lowest BCUT2D eigenvalue weighted by Gasteiger charge is -2.37. The van der Waals surface area contributed by atoms with Crippen LogP contribution in [-0.4, -0.2) is 129 Å². The molecule has 356 valence electrons. The number of imidazole rings is 1. The van der Waals surface area contributed by atoms with Gasteiger partial charge in [0, 0.05) is 87.5 Å². The number of rotatable bonds is 12. The minimum Gasteiger partial charge on any atom is -0.464 e. The normalized spacial score (nSPS) is 21.6. The molecule has 0 saturated carbocycles. The van der Waals surface area contributed by atoms with Crippen molar-refractivity contribution in [2.45, 2.75) is 111 Å². The summed E-state index contributed by atoms with van der Waals surface area (Å²) in [6.07, 6.45) is 8.28. The van der Waals surface area contributed by atoms with E-state index in [1.165, 1.54) is 16.0 Å². The first-order chi connectivity index (χ1) is 31.4. The number of methoxy groups -OCH3 is 1. The summed E-state index contributed by atoms with van der Waals surface area (Å²) in [5, 5.41) is 5.44. The van der Waals surface area contributed by atoms with E-state index in [1.807, 2.05) is 45.4 Å². The summed E-state index contributed by atoms with van der Waals surface area (Å²) in [6.45, 7) is 23.4. The molecular weight excluding hydrogens is 839 g/mol. The lowest BCUT2D eigenvalue weighted by molar-refractivity contribution is -0.155. The molecule has 3 aliphatic heterocycles. The number of hydrogen-bond acceptors (Lipinski definition) is 10. The smallest absolute Gasteiger partial charge is 0.324 e. The van der Waals surface area contributed by atoms with Gasteiger partial charge < -0.3 is 33.7 Å². The first-order valence-electron chi connectivity index (χ1n) is 23.2. The van der Waals surface area contributed by atoms with Gasteiger partial charge in [0.05, 0.1) is 41.9 Å². The number of benzene rings is 1. The second kappa shape index (κ2) is 20.7. The molecule has 3 aromatic rings. The number of hydrazine groups is 1. The van der Waals surface area contributed by atoms with Crippen molar-refractivity contribution in [2.24, 2.45) is 29.3 Å². The first kappa shape index (κ1) is 49.6. The van der Waals surface area contributed by atoms with E-state index < -0.39 is 47.2 Å². The topological polar surface area (TPSA) is 173 Å². The van der Waals surface area contributed by atoms with E-state index in [-0.39, 0.29) is 43.4 Å². The van der Waals surface area contributed by atoms with Gasteiger partial charge in [0.15, 0.2) is 0 Å². The van der Waals surface area contributed by atoms with Crippen molar-refractivity contribution in [3.63, 3.8) is 0 Å². The first-order valence-corrected chi connectivity index (χ1v) is 23.2. The number of carbonyl (C=O) groups is 5. The van der Waals surface area contributed by atoms with Crippen LogP contribution < -0.4 is 10.7 Å². The number of carbonyl (C=O) groups excluding carboxylic acids is 5. The van der Waals surface area contributed by atoms with Gasteiger partial charge in [-0.1, -0.05) is 53.0 Å². The van der Waals surface area contributed by atoms with Gasteiger partial charge in [-0.25, -0.2) is 10.4 Å². The maximum absolute atomic E-state index is 14.7. The van der Waals surface area contributed by atoms with Gasteiger partial charge in [0.1, 0.15) is 23.9 Å². The summed E-state index contributed by atoms with van der Waals surface area (Å²) in [6, 6.07) is 3.47.